The average Bonchev–Trinajstić information content (AvgIpc) is 2.19. The maximum absolute atomic E-state index is 13.1. The average molecular weight is 1400 g/mol. The summed E-state index contributed by atoms with van der Waals surface area (Å²) < 4.78 is 68.5. The van der Waals surface area contributed by atoms with Crippen molar-refractivity contribution in [3.63, 3.8) is 0 Å². The van der Waals surface area contributed by atoms with Gasteiger partial charge < -0.3 is 33.8 Å². The standard InChI is InChI=1S/C76H148O17P2/c1-7-9-11-13-15-17-19-20-21-25-28-32-35-39-46-52-58-73(78)86-64-71(92-76(81)61-55-49-41-37-33-29-26-23-22-24-27-31-34-38-44-50-56-68(3)4)66-90-94(82,83)88-62-70(77)63-89-95(84,85)91-67-72(65-87-74(79)59-53-47-43-42-45-51-57-69(5)6)93-75(80)60-54-48-40-36-30-18-16-14-12-10-8-2/h68-72,77H,7-67H2,1-6H3,(H,82,83)(H,84,85)/t70-,71-,72-/m1/s1. The Morgan fingerprint density at radius 1 is 0.284 bits per heavy atom. The second-order valence-electron chi connectivity index (χ2n) is 28.3. The van der Waals surface area contributed by atoms with E-state index in [2.05, 4.69) is 41.5 Å². The first-order valence-corrected chi connectivity index (χ1v) is 42.5. The summed E-state index contributed by atoms with van der Waals surface area (Å²) in [4.78, 5) is 72.7. The molecule has 0 aliphatic heterocycles. The lowest BCUT2D eigenvalue weighted by molar-refractivity contribution is -0.161. The van der Waals surface area contributed by atoms with Gasteiger partial charge in [0, 0.05) is 25.7 Å². The van der Waals surface area contributed by atoms with Gasteiger partial charge in [-0.05, 0) is 37.5 Å². The van der Waals surface area contributed by atoms with Gasteiger partial charge in [0.2, 0.25) is 0 Å². The van der Waals surface area contributed by atoms with E-state index in [0.29, 0.717) is 31.6 Å². The summed E-state index contributed by atoms with van der Waals surface area (Å²) in [7, 11) is -9.91. The number of hydrogen-bond acceptors (Lipinski definition) is 15. The van der Waals surface area contributed by atoms with Crippen molar-refractivity contribution in [2.24, 2.45) is 11.8 Å². The molecule has 0 fully saturated rings. The molecule has 5 atom stereocenters. The summed E-state index contributed by atoms with van der Waals surface area (Å²) in [5, 5.41) is 10.6. The van der Waals surface area contributed by atoms with Crippen molar-refractivity contribution < 1.29 is 80.2 Å². The number of phosphoric ester groups is 2. The number of aliphatic hydroxyl groups excluding tert-OH is 1. The summed E-state index contributed by atoms with van der Waals surface area (Å²) in [5.74, 6) is -0.628. The van der Waals surface area contributed by atoms with Crippen LogP contribution in [0.2, 0.25) is 0 Å². The molecule has 0 aromatic heterocycles. The molecule has 0 bridgehead atoms. The third kappa shape index (κ3) is 70.3. The second kappa shape index (κ2) is 67.9. The maximum Gasteiger partial charge on any atom is 0.472 e. The SMILES string of the molecule is CCCCCCCCCCCCCCCCCCC(=O)OC[C@H](COP(=O)(O)OC[C@@H](O)COP(=O)(O)OC[C@@H](COC(=O)CCCCCCCCC(C)C)OC(=O)CCCCCCCCCCCCC)OC(=O)CCCCCCCCCCCCCCCCCCC(C)C. The zero-order valence-corrected chi connectivity index (χ0v) is 63.8. The molecule has 0 radical (unpaired) electrons. The summed E-state index contributed by atoms with van der Waals surface area (Å²) in [6, 6.07) is 0. The molecule has 3 N–H and O–H groups in total. The molecule has 0 spiro atoms. The van der Waals surface area contributed by atoms with E-state index in [9.17, 15) is 43.2 Å². The van der Waals surface area contributed by atoms with Crippen LogP contribution in [-0.2, 0) is 65.4 Å². The number of rotatable bonds is 75. The molecule has 0 saturated heterocycles. The second-order valence-corrected chi connectivity index (χ2v) is 31.3. The molecule has 19 heteroatoms. The van der Waals surface area contributed by atoms with Crippen LogP contribution in [-0.4, -0.2) is 96.7 Å². The minimum Gasteiger partial charge on any atom is -0.462 e. The van der Waals surface area contributed by atoms with Crippen molar-refractivity contribution in [3.05, 3.63) is 0 Å². The smallest absolute Gasteiger partial charge is 0.462 e. The minimum atomic E-state index is -4.96. The fraction of sp³-hybridized carbons (Fsp3) is 0.947. The van der Waals surface area contributed by atoms with Crippen LogP contribution < -0.4 is 0 Å². The Bertz CT molecular complexity index is 1840. The third-order valence-corrected chi connectivity index (χ3v) is 19.6. The van der Waals surface area contributed by atoms with Crippen LogP contribution in [0.1, 0.15) is 395 Å². The third-order valence-electron chi connectivity index (χ3n) is 17.7. The van der Waals surface area contributed by atoms with Crippen LogP contribution in [0.15, 0.2) is 0 Å². The fourth-order valence-corrected chi connectivity index (χ4v) is 13.2. The predicted octanol–water partition coefficient (Wildman–Crippen LogP) is 22.3. The zero-order chi connectivity index (χ0) is 70.0. The van der Waals surface area contributed by atoms with E-state index in [-0.39, 0.29) is 25.7 Å². The number of ether oxygens (including phenoxy) is 4. The Balaban J connectivity index is 5.21. The van der Waals surface area contributed by atoms with Crippen molar-refractivity contribution in [1.82, 2.24) is 0 Å². The van der Waals surface area contributed by atoms with E-state index < -0.39 is 97.5 Å². The Kier molecular flexibility index (Phi) is 66.5. The maximum atomic E-state index is 13.1. The molecule has 95 heavy (non-hydrogen) atoms. The van der Waals surface area contributed by atoms with E-state index in [1.807, 2.05) is 0 Å². The highest BCUT2D eigenvalue weighted by Gasteiger charge is 2.30. The van der Waals surface area contributed by atoms with E-state index in [4.69, 9.17) is 37.0 Å². The largest absolute Gasteiger partial charge is 0.472 e. The Hall–Kier alpha value is -1.94. The number of carbonyl (C=O) groups is 4. The first-order valence-electron chi connectivity index (χ1n) is 39.5. The highest BCUT2D eigenvalue weighted by Crippen LogP contribution is 2.45. The van der Waals surface area contributed by atoms with Crippen LogP contribution in [0.4, 0.5) is 0 Å². The van der Waals surface area contributed by atoms with Gasteiger partial charge in [-0.1, -0.05) is 343 Å². The van der Waals surface area contributed by atoms with Crippen molar-refractivity contribution >= 4 is 39.5 Å². The van der Waals surface area contributed by atoms with Gasteiger partial charge in [-0.25, -0.2) is 9.13 Å². The van der Waals surface area contributed by atoms with Gasteiger partial charge in [-0.15, -0.1) is 0 Å². The summed E-state index contributed by atoms with van der Waals surface area (Å²) in [5.41, 5.74) is 0. The quantitative estimate of drug-likeness (QED) is 0.0222. The van der Waals surface area contributed by atoms with Crippen LogP contribution >= 0.6 is 15.6 Å². The zero-order valence-electron chi connectivity index (χ0n) is 62.0. The van der Waals surface area contributed by atoms with Gasteiger partial charge in [-0.2, -0.15) is 0 Å². The van der Waals surface area contributed by atoms with E-state index in [0.717, 1.165) is 102 Å². The predicted molar refractivity (Wildman–Crippen MR) is 386 cm³/mol. The molecule has 0 heterocycles. The van der Waals surface area contributed by atoms with Gasteiger partial charge in [-0.3, -0.25) is 37.3 Å². The summed E-state index contributed by atoms with van der Waals surface area (Å²) in [6.45, 7) is 9.54. The van der Waals surface area contributed by atoms with Crippen LogP contribution in [0.3, 0.4) is 0 Å². The molecule has 2 unspecified atom stereocenters. The fourth-order valence-electron chi connectivity index (χ4n) is 11.7. The number of aliphatic hydroxyl groups is 1. The molecular weight excluding hydrogens is 1250 g/mol. The molecule has 17 nitrogen and oxygen atoms in total. The summed E-state index contributed by atoms with van der Waals surface area (Å²) in [6.07, 6.45) is 55.6. The Morgan fingerprint density at radius 3 is 0.716 bits per heavy atom. The van der Waals surface area contributed by atoms with Gasteiger partial charge in [0.1, 0.15) is 19.3 Å². The molecular formula is C76H148O17P2. The lowest BCUT2D eigenvalue weighted by Gasteiger charge is -2.21. The Labute approximate surface area is 581 Å². The van der Waals surface area contributed by atoms with E-state index in [1.54, 1.807) is 0 Å². The van der Waals surface area contributed by atoms with Crippen LogP contribution in [0, 0.1) is 11.8 Å². The molecule has 564 valence electrons. The molecule has 0 aromatic carbocycles. The van der Waals surface area contributed by atoms with E-state index in [1.165, 1.54) is 205 Å². The van der Waals surface area contributed by atoms with Crippen molar-refractivity contribution in [1.29, 1.82) is 0 Å². The monoisotopic (exact) mass is 1400 g/mol. The first-order chi connectivity index (χ1) is 45.9. The number of phosphoric acid groups is 2. The molecule has 0 amide bonds. The first kappa shape index (κ1) is 93.1. The number of hydrogen-bond donors (Lipinski definition) is 3. The van der Waals surface area contributed by atoms with Gasteiger partial charge >= 0.3 is 39.5 Å². The Morgan fingerprint density at radius 2 is 0.484 bits per heavy atom. The highest BCUT2D eigenvalue weighted by molar-refractivity contribution is 7.47. The van der Waals surface area contributed by atoms with Crippen LogP contribution in [0.5, 0.6) is 0 Å². The number of esters is 4. The lowest BCUT2D eigenvalue weighted by atomic mass is 10.0. The number of carbonyl (C=O) groups excluding carboxylic acids is 4. The van der Waals surface area contributed by atoms with Crippen molar-refractivity contribution in [2.45, 2.75) is 413 Å². The number of unbranched alkanes of at least 4 members (excludes halogenated alkanes) is 45. The van der Waals surface area contributed by atoms with Crippen LogP contribution in [0.25, 0.3) is 0 Å². The topological polar surface area (TPSA) is 237 Å². The van der Waals surface area contributed by atoms with Gasteiger partial charge in [0.15, 0.2) is 12.2 Å². The molecule has 0 aliphatic rings. The highest BCUT2D eigenvalue weighted by atomic mass is 31.2. The minimum absolute atomic E-state index is 0.106. The molecule has 0 rings (SSSR count). The lowest BCUT2D eigenvalue weighted by Crippen LogP contribution is -2.30. The molecule has 0 aromatic rings. The summed E-state index contributed by atoms with van der Waals surface area (Å²) >= 11 is 0. The van der Waals surface area contributed by atoms with Gasteiger partial charge in [0.25, 0.3) is 0 Å². The van der Waals surface area contributed by atoms with E-state index >= 15 is 0 Å². The molecule has 0 saturated carbocycles. The van der Waals surface area contributed by atoms with Gasteiger partial charge in [0.05, 0.1) is 26.4 Å². The normalized spacial score (nSPS) is 14.0. The van der Waals surface area contributed by atoms with Crippen molar-refractivity contribution in [2.75, 3.05) is 39.6 Å². The molecule has 0 aliphatic carbocycles. The van der Waals surface area contributed by atoms with Crippen molar-refractivity contribution in [3.8, 4) is 0 Å².